The number of alkyl halides is 3. The summed E-state index contributed by atoms with van der Waals surface area (Å²) in [6.07, 6.45) is 1.32. The van der Waals surface area contributed by atoms with Gasteiger partial charge >= 0.3 is 6.18 Å². The van der Waals surface area contributed by atoms with E-state index < -0.39 is 11.7 Å². The number of rotatable bonds is 4. The average Bonchev–Trinajstić information content (AvgIpc) is 2.80. The van der Waals surface area contributed by atoms with Gasteiger partial charge in [0.15, 0.2) is 0 Å². The fourth-order valence-corrected chi connectivity index (χ4v) is 4.15. The molecule has 0 aliphatic carbocycles. The van der Waals surface area contributed by atoms with Gasteiger partial charge in [0.05, 0.1) is 23.3 Å². The van der Waals surface area contributed by atoms with Gasteiger partial charge in [0.1, 0.15) is 11.6 Å². The number of carbonyl (C=O) groups excluding carboxylic acids is 1. The molecule has 4 heterocycles. The monoisotopic (exact) mass is 469 g/mol. The van der Waals surface area contributed by atoms with Crippen molar-refractivity contribution in [2.45, 2.75) is 6.18 Å². The van der Waals surface area contributed by atoms with E-state index in [9.17, 15) is 18.0 Å². The molecule has 2 aromatic rings. The lowest BCUT2D eigenvalue weighted by Crippen LogP contribution is -2.54. The van der Waals surface area contributed by atoms with E-state index in [0.29, 0.717) is 64.7 Å². The molecule has 0 radical (unpaired) electrons. The summed E-state index contributed by atoms with van der Waals surface area (Å²) in [5.41, 5.74) is -0.866. The van der Waals surface area contributed by atoms with Crippen molar-refractivity contribution < 1.29 is 18.0 Å². The lowest BCUT2D eigenvalue weighted by Gasteiger charge is -2.38. The van der Waals surface area contributed by atoms with Crippen LogP contribution in [0.4, 0.5) is 24.8 Å². The second-order valence-electron chi connectivity index (χ2n) is 7.72. The van der Waals surface area contributed by atoms with Gasteiger partial charge in [-0.25, -0.2) is 9.97 Å². The second-order valence-corrected chi connectivity index (χ2v) is 8.13. The minimum absolute atomic E-state index is 0.0228. The smallest absolute Gasteiger partial charge is 0.353 e. The number of pyridine rings is 1. The van der Waals surface area contributed by atoms with Gasteiger partial charge in [-0.05, 0) is 6.07 Å². The third-order valence-corrected chi connectivity index (χ3v) is 5.96. The molecule has 12 heteroatoms. The number of hydrogen-bond acceptors (Lipinski definition) is 7. The number of hydrogen-bond donors (Lipinski definition) is 0. The minimum Gasteiger partial charge on any atom is -0.353 e. The summed E-state index contributed by atoms with van der Waals surface area (Å²) in [7, 11) is 0. The molecule has 2 fully saturated rings. The standard InChI is InChI=1S/C20H23ClF3N7O/c21-16-11-15(20(22,23)24)12-27-19(16)31-5-3-28(4-6-31)14-18(32)30-9-7-29(8-10-30)17-13-25-1-2-26-17/h1-2,11-13H,3-10,14H2. The quantitative estimate of drug-likeness (QED) is 0.678. The first-order chi connectivity index (χ1) is 15.3. The van der Waals surface area contributed by atoms with Crippen LogP contribution in [-0.2, 0) is 11.0 Å². The van der Waals surface area contributed by atoms with Gasteiger partial charge in [0, 0.05) is 70.9 Å². The van der Waals surface area contributed by atoms with Gasteiger partial charge in [-0.3, -0.25) is 14.7 Å². The van der Waals surface area contributed by atoms with Crippen molar-refractivity contribution in [3.05, 3.63) is 41.4 Å². The fourth-order valence-electron chi connectivity index (χ4n) is 3.87. The summed E-state index contributed by atoms with van der Waals surface area (Å²) >= 11 is 6.06. The zero-order chi connectivity index (χ0) is 22.7. The Hall–Kier alpha value is -2.66. The number of nitrogens with zero attached hydrogens (tertiary/aromatic N) is 7. The predicted octanol–water partition coefficient (Wildman–Crippen LogP) is 2.01. The third-order valence-electron chi connectivity index (χ3n) is 5.69. The summed E-state index contributed by atoms with van der Waals surface area (Å²) in [6.45, 7) is 5.24. The van der Waals surface area contributed by atoms with E-state index in [1.54, 1.807) is 18.6 Å². The molecule has 4 rings (SSSR count). The third kappa shape index (κ3) is 5.21. The minimum atomic E-state index is -4.48. The lowest BCUT2D eigenvalue weighted by atomic mass is 10.2. The number of halogens is 4. The molecule has 8 nitrogen and oxygen atoms in total. The fraction of sp³-hybridized carbons (Fsp3) is 0.500. The molecule has 2 aromatic heterocycles. The zero-order valence-electron chi connectivity index (χ0n) is 17.3. The summed E-state index contributed by atoms with van der Waals surface area (Å²) in [6, 6.07) is 0.903. The van der Waals surface area contributed by atoms with E-state index in [0.717, 1.165) is 18.1 Å². The Morgan fingerprint density at radius 2 is 1.62 bits per heavy atom. The molecule has 2 aliphatic rings. The van der Waals surface area contributed by atoms with E-state index in [2.05, 4.69) is 19.9 Å². The van der Waals surface area contributed by atoms with Crippen molar-refractivity contribution in [1.29, 1.82) is 0 Å². The van der Waals surface area contributed by atoms with E-state index >= 15 is 0 Å². The van der Waals surface area contributed by atoms with Crippen molar-refractivity contribution in [3.8, 4) is 0 Å². The number of anilines is 2. The van der Waals surface area contributed by atoms with Crippen LogP contribution in [0, 0.1) is 0 Å². The van der Waals surface area contributed by atoms with Gasteiger partial charge in [-0.1, -0.05) is 11.6 Å². The van der Waals surface area contributed by atoms with Gasteiger partial charge in [-0.15, -0.1) is 0 Å². The van der Waals surface area contributed by atoms with Crippen molar-refractivity contribution in [1.82, 2.24) is 24.8 Å². The molecule has 0 saturated carbocycles. The molecule has 32 heavy (non-hydrogen) atoms. The molecule has 0 bridgehead atoms. The van der Waals surface area contributed by atoms with Crippen molar-refractivity contribution >= 4 is 29.1 Å². The van der Waals surface area contributed by atoms with E-state index in [1.807, 2.05) is 14.7 Å². The Morgan fingerprint density at radius 1 is 0.938 bits per heavy atom. The molecule has 172 valence electrons. The Labute approximate surface area is 188 Å². The lowest BCUT2D eigenvalue weighted by molar-refractivity contribution is -0.137. The first kappa shape index (κ1) is 22.5. The highest BCUT2D eigenvalue weighted by Gasteiger charge is 2.32. The maximum Gasteiger partial charge on any atom is 0.417 e. The largest absolute Gasteiger partial charge is 0.417 e. The zero-order valence-corrected chi connectivity index (χ0v) is 18.1. The van der Waals surface area contributed by atoms with Crippen LogP contribution in [0.2, 0.25) is 5.02 Å². The van der Waals surface area contributed by atoms with Gasteiger partial charge in [0.2, 0.25) is 5.91 Å². The normalized spacial score (nSPS) is 18.2. The number of amides is 1. The molecule has 0 aromatic carbocycles. The van der Waals surface area contributed by atoms with Crippen molar-refractivity contribution in [2.24, 2.45) is 0 Å². The van der Waals surface area contributed by atoms with Crippen LogP contribution >= 0.6 is 11.6 Å². The van der Waals surface area contributed by atoms with E-state index in [1.165, 1.54) is 0 Å². The number of carbonyl (C=O) groups is 1. The first-order valence-electron chi connectivity index (χ1n) is 10.3. The Morgan fingerprint density at radius 3 is 2.22 bits per heavy atom. The Kier molecular flexibility index (Phi) is 6.66. The summed E-state index contributed by atoms with van der Waals surface area (Å²) in [5.74, 6) is 1.22. The summed E-state index contributed by atoms with van der Waals surface area (Å²) in [5, 5.41) is -0.0228. The van der Waals surface area contributed by atoms with Gasteiger partial charge < -0.3 is 14.7 Å². The van der Waals surface area contributed by atoms with Crippen LogP contribution in [0.3, 0.4) is 0 Å². The van der Waals surface area contributed by atoms with E-state index in [-0.39, 0.29) is 10.9 Å². The van der Waals surface area contributed by atoms with Crippen LogP contribution in [0.1, 0.15) is 5.56 Å². The average molecular weight is 470 g/mol. The maximum atomic E-state index is 12.8. The Bertz CT molecular complexity index is 931. The van der Waals surface area contributed by atoms with Crippen LogP contribution in [0.25, 0.3) is 0 Å². The van der Waals surface area contributed by atoms with Gasteiger partial charge in [0.25, 0.3) is 0 Å². The SMILES string of the molecule is O=C(CN1CCN(c2ncc(C(F)(F)F)cc2Cl)CC1)N1CCN(c2cnccn2)CC1. The molecular formula is C20H23ClF3N7O. The van der Waals surface area contributed by atoms with E-state index in [4.69, 9.17) is 11.6 Å². The van der Waals surface area contributed by atoms with Crippen LogP contribution in [-0.4, -0.2) is 89.6 Å². The van der Waals surface area contributed by atoms with Crippen LogP contribution in [0.15, 0.2) is 30.9 Å². The molecule has 0 N–H and O–H groups in total. The van der Waals surface area contributed by atoms with Gasteiger partial charge in [-0.2, -0.15) is 13.2 Å². The highest BCUT2D eigenvalue weighted by molar-refractivity contribution is 6.33. The maximum absolute atomic E-state index is 12.8. The number of aromatic nitrogens is 3. The highest BCUT2D eigenvalue weighted by atomic mass is 35.5. The van der Waals surface area contributed by atoms with Crippen LogP contribution < -0.4 is 9.80 Å². The molecule has 0 atom stereocenters. The second kappa shape index (κ2) is 9.45. The first-order valence-corrected chi connectivity index (χ1v) is 10.7. The molecule has 0 unspecified atom stereocenters. The highest BCUT2D eigenvalue weighted by Crippen LogP contribution is 2.33. The topological polar surface area (TPSA) is 68.7 Å². The predicted molar refractivity (Wildman–Crippen MR) is 114 cm³/mol. The molecular weight excluding hydrogens is 447 g/mol. The summed E-state index contributed by atoms with van der Waals surface area (Å²) in [4.78, 5) is 32.9. The molecule has 1 amide bonds. The van der Waals surface area contributed by atoms with Crippen LogP contribution in [0.5, 0.6) is 0 Å². The van der Waals surface area contributed by atoms with Crippen molar-refractivity contribution in [3.63, 3.8) is 0 Å². The summed E-state index contributed by atoms with van der Waals surface area (Å²) < 4.78 is 38.4. The van der Waals surface area contributed by atoms with Crippen molar-refractivity contribution in [2.75, 3.05) is 68.7 Å². The number of piperazine rings is 2. The molecule has 0 spiro atoms. The Balaban J connectivity index is 1.25. The molecule has 2 aliphatic heterocycles. The molecule has 2 saturated heterocycles.